The lowest BCUT2D eigenvalue weighted by Crippen LogP contribution is -2.43. The van der Waals surface area contributed by atoms with Gasteiger partial charge < -0.3 is 14.2 Å². The molecule has 64 valence electrons. The van der Waals surface area contributed by atoms with Crippen molar-refractivity contribution in [1.29, 1.82) is 0 Å². The second-order valence-corrected chi connectivity index (χ2v) is 3.77. The van der Waals surface area contributed by atoms with Gasteiger partial charge in [0.15, 0.2) is 0 Å². The summed E-state index contributed by atoms with van der Waals surface area (Å²) >= 11 is 0. The number of hydrogen-bond donors (Lipinski definition) is 0. The Labute approximate surface area is 66.6 Å². The van der Waals surface area contributed by atoms with Crippen LogP contribution in [0.5, 0.6) is 0 Å². The Bertz CT molecular complexity index is 138. The first kappa shape index (κ1) is 7.53. The number of ether oxygens (including phenoxy) is 3. The molecule has 3 heteroatoms. The Morgan fingerprint density at radius 1 is 1.55 bits per heavy atom. The summed E-state index contributed by atoms with van der Waals surface area (Å²) < 4.78 is 15.6. The van der Waals surface area contributed by atoms with Crippen LogP contribution in [0, 0.1) is 5.41 Å². The quantitative estimate of drug-likeness (QED) is 0.556. The Morgan fingerprint density at radius 2 is 2.27 bits per heavy atom. The topological polar surface area (TPSA) is 31.0 Å². The van der Waals surface area contributed by atoms with Gasteiger partial charge in [-0.2, -0.15) is 0 Å². The van der Waals surface area contributed by atoms with Crippen molar-refractivity contribution >= 4 is 0 Å². The minimum atomic E-state index is 0.287. The first-order valence-corrected chi connectivity index (χ1v) is 4.06. The second kappa shape index (κ2) is 2.73. The van der Waals surface area contributed by atoms with Crippen LogP contribution in [0.2, 0.25) is 0 Å². The zero-order chi connectivity index (χ0) is 7.73. The van der Waals surface area contributed by atoms with E-state index < -0.39 is 0 Å². The van der Waals surface area contributed by atoms with Crippen molar-refractivity contribution in [1.82, 2.24) is 0 Å². The molecule has 2 fully saturated rings. The summed E-state index contributed by atoms with van der Waals surface area (Å²) in [6.07, 6.45) is 0.389. The first-order chi connectivity index (χ1) is 5.29. The molecule has 0 aromatic carbocycles. The van der Waals surface area contributed by atoms with Gasteiger partial charge in [0.25, 0.3) is 0 Å². The van der Waals surface area contributed by atoms with E-state index in [0.717, 1.165) is 33.0 Å². The van der Waals surface area contributed by atoms with Crippen molar-refractivity contribution < 1.29 is 14.2 Å². The maximum atomic E-state index is 5.46. The van der Waals surface area contributed by atoms with Gasteiger partial charge in [-0.1, -0.05) is 6.92 Å². The molecular formula is C8H14O3. The molecule has 2 aliphatic rings. The standard InChI is InChI=1S/C8H14O3/c1-8(5-10-6-8)4-9-2-7-3-11-7/h7H,2-6H2,1H3. The van der Waals surface area contributed by atoms with Crippen LogP contribution in [0.4, 0.5) is 0 Å². The van der Waals surface area contributed by atoms with E-state index in [1.165, 1.54) is 0 Å². The molecule has 0 aromatic heterocycles. The maximum Gasteiger partial charge on any atom is 0.104 e. The lowest BCUT2D eigenvalue weighted by Gasteiger charge is -2.37. The Morgan fingerprint density at radius 3 is 2.73 bits per heavy atom. The zero-order valence-electron chi connectivity index (χ0n) is 6.84. The molecule has 1 unspecified atom stereocenters. The predicted molar refractivity (Wildman–Crippen MR) is 39.5 cm³/mol. The highest BCUT2D eigenvalue weighted by molar-refractivity contribution is 4.80. The average molecular weight is 158 g/mol. The van der Waals surface area contributed by atoms with Crippen molar-refractivity contribution in [2.75, 3.05) is 33.0 Å². The van der Waals surface area contributed by atoms with Crippen molar-refractivity contribution in [3.05, 3.63) is 0 Å². The van der Waals surface area contributed by atoms with Crippen molar-refractivity contribution in [3.8, 4) is 0 Å². The van der Waals surface area contributed by atoms with Gasteiger partial charge in [0.05, 0.1) is 33.0 Å². The van der Waals surface area contributed by atoms with E-state index >= 15 is 0 Å². The number of epoxide rings is 1. The fourth-order valence-corrected chi connectivity index (χ4v) is 1.13. The largest absolute Gasteiger partial charge is 0.380 e. The molecule has 0 aromatic rings. The van der Waals surface area contributed by atoms with Crippen LogP contribution in [0.3, 0.4) is 0 Å². The van der Waals surface area contributed by atoms with Gasteiger partial charge in [0.2, 0.25) is 0 Å². The molecule has 0 spiro atoms. The Hall–Kier alpha value is -0.120. The van der Waals surface area contributed by atoms with Crippen molar-refractivity contribution in [3.63, 3.8) is 0 Å². The van der Waals surface area contributed by atoms with E-state index in [-0.39, 0.29) is 5.41 Å². The van der Waals surface area contributed by atoms with E-state index in [4.69, 9.17) is 14.2 Å². The summed E-state index contributed by atoms with van der Waals surface area (Å²) in [7, 11) is 0. The molecular weight excluding hydrogens is 144 g/mol. The lowest BCUT2D eigenvalue weighted by molar-refractivity contribution is -0.138. The smallest absolute Gasteiger partial charge is 0.104 e. The molecule has 2 saturated heterocycles. The van der Waals surface area contributed by atoms with E-state index in [2.05, 4.69) is 6.92 Å². The molecule has 2 rings (SSSR count). The molecule has 0 radical (unpaired) electrons. The van der Waals surface area contributed by atoms with Crippen LogP contribution < -0.4 is 0 Å². The summed E-state index contributed by atoms with van der Waals surface area (Å²) in [5.41, 5.74) is 0.287. The molecule has 2 heterocycles. The predicted octanol–water partition coefficient (Wildman–Crippen LogP) is 0.438. The fourth-order valence-electron chi connectivity index (χ4n) is 1.13. The lowest BCUT2D eigenvalue weighted by atomic mass is 9.90. The van der Waals surface area contributed by atoms with Gasteiger partial charge >= 0.3 is 0 Å². The molecule has 2 aliphatic heterocycles. The highest BCUT2D eigenvalue weighted by atomic mass is 16.6. The SMILES string of the molecule is CC1(COCC2CO2)COC1. The van der Waals surface area contributed by atoms with Gasteiger partial charge in [-0.3, -0.25) is 0 Å². The number of hydrogen-bond acceptors (Lipinski definition) is 3. The van der Waals surface area contributed by atoms with Crippen LogP contribution in [0.25, 0.3) is 0 Å². The molecule has 3 nitrogen and oxygen atoms in total. The fraction of sp³-hybridized carbons (Fsp3) is 1.00. The minimum absolute atomic E-state index is 0.287. The van der Waals surface area contributed by atoms with Gasteiger partial charge in [-0.25, -0.2) is 0 Å². The maximum absolute atomic E-state index is 5.46. The van der Waals surface area contributed by atoms with Crippen LogP contribution in [-0.2, 0) is 14.2 Å². The average Bonchev–Trinajstić information content (AvgIpc) is 2.68. The van der Waals surface area contributed by atoms with Gasteiger partial charge in [0.1, 0.15) is 6.10 Å². The highest BCUT2D eigenvalue weighted by Gasteiger charge is 2.34. The molecule has 0 aliphatic carbocycles. The van der Waals surface area contributed by atoms with E-state index in [0.29, 0.717) is 6.10 Å². The van der Waals surface area contributed by atoms with Crippen molar-refractivity contribution in [2.24, 2.45) is 5.41 Å². The molecule has 11 heavy (non-hydrogen) atoms. The van der Waals surface area contributed by atoms with Gasteiger partial charge in [-0.15, -0.1) is 0 Å². The number of rotatable bonds is 4. The molecule has 1 atom stereocenters. The van der Waals surface area contributed by atoms with Gasteiger partial charge in [0, 0.05) is 5.41 Å². The summed E-state index contributed by atoms with van der Waals surface area (Å²) in [5.74, 6) is 0. The minimum Gasteiger partial charge on any atom is -0.380 e. The monoisotopic (exact) mass is 158 g/mol. The third-order valence-electron chi connectivity index (χ3n) is 2.06. The van der Waals surface area contributed by atoms with E-state index in [1.807, 2.05) is 0 Å². The summed E-state index contributed by atoms with van der Waals surface area (Å²) in [5, 5.41) is 0. The van der Waals surface area contributed by atoms with Gasteiger partial charge in [-0.05, 0) is 0 Å². The van der Waals surface area contributed by atoms with Crippen LogP contribution in [0.15, 0.2) is 0 Å². The third-order valence-corrected chi connectivity index (χ3v) is 2.06. The Kier molecular flexibility index (Phi) is 1.87. The molecule has 0 N–H and O–H groups in total. The summed E-state index contributed by atoms with van der Waals surface area (Å²) in [6.45, 7) is 6.33. The van der Waals surface area contributed by atoms with E-state index in [9.17, 15) is 0 Å². The van der Waals surface area contributed by atoms with E-state index in [1.54, 1.807) is 0 Å². The van der Waals surface area contributed by atoms with Crippen molar-refractivity contribution in [2.45, 2.75) is 13.0 Å². The second-order valence-electron chi connectivity index (χ2n) is 3.77. The van der Waals surface area contributed by atoms with Crippen LogP contribution >= 0.6 is 0 Å². The van der Waals surface area contributed by atoms with Crippen LogP contribution in [-0.4, -0.2) is 39.1 Å². The zero-order valence-corrected chi connectivity index (χ0v) is 6.84. The normalized spacial score (nSPS) is 33.0. The third kappa shape index (κ3) is 1.92. The summed E-state index contributed by atoms with van der Waals surface area (Å²) in [6, 6.07) is 0. The molecule has 0 saturated carbocycles. The van der Waals surface area contributed by atoms with Crippen LogP contribution in [0.1, 0.15) is 6.92 Å². The molecule has 0 bridgehead atoms. The highest BCUT2D eigenvalue weighted by Crippen LogP contribution is 2.26. The Balaban J connectivity index is 1.57. The summed E-state index contributed by atoms with van der Waals surface area (Å²) in [4.78, 5) is 0. The first-order valence-electron chi connectivity index (χ1n) is 4.06. The molecule has 0 amide bonds.